The number of hydrogen-bond donors (Lipinski definition) is 2. The van der Waals surface area contributed by atoms with Gasteiger partial charge in [0.25, 0.3) is 5.91 Å². The lowest BCUT2D eigenvalue weighted by Crippen LogP contribution is -2.33. The number of ether oxygens (including phenoxy) is 1. The van der Waals surface area contributed by atoms with E-state index < -0.39 is 0 Å². The van der Waals surface area contributed by atoms with Gasteiger partial charge in [0.1, 0.15) is 11.5 Å². The number of carbonyl (C=O) groups excluding carboxylic acids is 1. The van der Waals surface area contributed by atoms with Crippen LogP contribution in [0.2, 0.25) is 0 Å². The normalized spacial score (nSPS) is 10.1. The molecular weight excluding hydrogens is 222 g/mol. The van der Waals surface area contributed by atoms with Crippen LogP contribution >= 0.6 is 0 Å². The summed E-state index contributed by atoms with van der Waals surface area (Å²) in [6.07, 6.45) is 0. The first-order valence-corrected chi connectivity index (χ1v) is 5.41. The van der Waals surface area contributed by atoms with E-state index in [0.717, 1.165) is 0 Å². The van der Waals surface area contributed by atoms with E-state index in [-0.39, 0.29) is 30.4 Å². The second-order valence-corrected chi connectivity index (χ2v) is 3.49. The van der Waals surface area contributed by atoms with Crippen molar-refractivity contribution in [2.24, 2.45) is 0 Å². The third-order valence-electron chi connectivity index (χ3n) is 2.47. The van der Waals surface area contributed by atoms with Crippen molar-refractivity contribution in [2.45, 2.75) is 6.92 Å². The molecule has 0 unspecified atom stereocenters. The molecule has 0 saturated heterocycles. The molecule has 17 heavy (non-hydrogen) atoms. The van der Waals surface area contributed by atoms with Gasteiger partial charge in [0.2, 0.25) is 0 Å². The zero-order chi connectivity index (χ0) is 12.8. The van der Waals surface area contributed by atoms with Gasteiger partial charge in [0, 0.05) is 19.2 Å². The maximum Gasteiger partial charge on any atom is 0.257 e. The lowest BCUT2D eigenvalue weighted by Gasteiger charge is -2.20. The number of aromatic hydroxyl groups is 1. The Hall–Kier alpha value is -1.75. The second kappa shape index (κ2) is 6.10. The first-order valence-electron chi connectivity index (χ1n) is 5.41. The molecule has 0 atom stereocenters. The van der Waals surface area contributed by atoms with Crippen molar-refractivity contribution in [1.82, 2.24) is 4.90 Å². The minimum Gasteiger partial charge on any atom is -0.507 e. The summed E-state index contributed by atoms with van der Waals surface area (Å²) in [6, 6.07) is 4.51. The van der Waals surface area contributed by atoms with E-state index in [9.17, 15) is 9.90 Å². The smallest absolute Gasteiger partial charge is 0.257 e. The molecule has 1 rings (SSSR count). The molecule has 5 heteroatoms. The fourth-order valence-corrected chi connectivity index (χ4v) is 1.51. The van der Waals surface area contributed by atoms with Crippen LogP contribution in [0.1, 0.15) is 17.3 Å². The van der Waals surface area contributed by atoms with Crippen molar-refractivity contribution in [1.29, 1.82) is 0 Å². The topological polar surface area (TPSA) is 70.0 Å². The molecule has 0 aromatic heterocycles. The third-order valence-corrected chi connectivity index (χ3v) is 2.47. The van der Waals surface area contributed by atoms with Crippen LogP contribution in [0.3, 0.4) is 0 Å². The van der Waals surface area contributed by atoms with Crippen molar-refractivity contribution >= 4 is 5.91 Å². The quantitative estimate of drug-likeness (QED) is 0.799. The van der Waals surface area contributed by atoms with Crippen molar-refractivity contribution in [3.8, 4) is 11.5 Å². The molecule has 0 fully saturated rings. The highest BCUT2D eigenvalue weighted by atomic mass is 16.5. The first-order chi connectivity index (χ1) is 8.13. The molecule has 0 bridgehead atoms. The first kappa shape index (κ1) is 13.3. The summed E-state index contributed by atoms with van der Waals surface area (Å²) in [4.78, 5) is 13.5. The van der Waals surface area contributed by atoms with E-state index in [2.05, 4.69) is 0 Å². The summed E-state index contributed by atoms with van der Waals surface area (Å²) in [7, 11) is 1.49. The van der Waals surface area contributed by atoms with Gasteiger partial charge in [-0.25, -0.2) is 0 Å². The Morgan fingerprint density at radius 3 is 2.65 bits per heavy atom. The average molecular weight is 239 g/mol. The van der Waals surface area contributed by atoms with Crippen LogP contribution in [0, 0.1) is 0 Å². The van der Waals surface area contributed by atoms with Gasteiger partial charge in [0.15, 0.2) is 0 Å². The zero-order valence-electron chi connectivity index (χ0n) is 10.0. The van der Waals surface area contributed by atoms with Gasteiger partial charge in [0.05, 0.1) is 19.3 Å². The van der Waals surface area contributed by atoms with Crippen LogP contribution in [-0.4, -0.2) is 47.8 Å². The highest BCUT2D eigenvalue weighted by Gasteiger charge is 2.17. The van der Waals surface area contributed by atoms with E-state index in [0.29, 0.717) is 12.3 Å². The summed E-state index contributed by atoms with van der Waals surface area (Å²) in [6.45, 7) is 2.44. The molecule has 5 nitrogen and oxygen atoms in total. The van der Waals surface area contributed by atoms with Gasteiger partial charge in [-0.1, -0.05) is 0 Å². The van der Waals surface area contributed by atoms with Crippen LogP contribution in [0.4, 0.5) is 0 Å². The predicted molar refractivity (Wildman–Crippen MR) is 63.3 cm³/mol. The molecule has 0 radical (unpaired) electrons. The Bertz CT molecular complexity index is 392. The standard InChI is InChI=1S/C12H17NO4/c1-3-13(6-7-14)12(16)10-5-4-9(17-2)8-11(10)15/h4-5,8,14-15H,3,6-7H2,1-2H3. The van der Waals surface area contributed by atoms with Gasteiger partial charge < -0.3 is 19.8 Å². The van der Waals surface area contributed by atoms with Crippen molar-refractivity contribution in [2.75, 3.05) is 26.8 Å². The summed E-state index contributed by atoms with van der Waals surface area (Å²) >= 11 is 0. The van der Waals surface area contributed by atoms with E-state index >= 15 is 0 Å². The summed E-state index contributed by atoms with van der Waals surface area (Å²) in [5.41, 5.74) is 0.209. The summed E-state index contributed by atoms with van der Waals surface area (Å²) < 4.78 is 4.94. The maximum atomic E-state index is 12.0. The van der Waals surface area contributed by atoms with Crippen LogP contribution in [0.25, 0.3) is 0 Å². The van der Waals surface area contributed by atoms with Gasteiger partial charge >= 0.3 is 0 Å². The fraction of sp³-hybridized carbons (Fsp3) is 0.417. The van der Waals surface area contributed by atoms with E-state index in [1.165, 1.54) is 24.1 Å². The zero-order valence-corrected chi connectivity index (χ0v) is 10.0. The molecule has 0 aliphatic carbocycles. The van der Waals surface area contributed by atoms with Crippen molar-refractivity contribution in [3.63, 3.8) is 0 Å². The number of likely N-dealkylation sites (N-methyl/N-ethyl adjacent to an activating group) is 1. The lowest BCUT2D eigenvalue weighted by atomic mass is 10.1. The Kier molecular flexibility index (Phi) is 4.78. The minimum absolute atomic E-state index is 0.101. The molecule has 94 valence electrons. The molecule has 0 saturated carbocycles. The number of methoxy groups -OCH3 is 1. The number of benzene rings is 1. The van der Waals surface area contributed by atoms with E-state index in [4.69, 9.17) is 9.84 Å². The molecule has 1 aromatic carbocycles. The number of amides is 1. The van der Waals surface area contributed by atoms with E-state index in [1.54, 1.807) is 6.07 Å². The van der Waals surface area contributed by atoms with Gasteiger partial charge in [-0.15, -0.1) is 0 Å². The van der Waals surface area contributed by atoms with Crippen LogP contribution in [0.5, 0.6) is 11.5 Å². The largest absolute Gasteiger partial charge is 0.507 e. The van der Waals surface area contributed by atoms with Crippen LogP contribution in [-0.2, 0) is 0 Å². The lowest BCUT2D eigenvalue weighted by molar-refractivity contribution is 0.0729. The number of aliphatic hydroxyl groups excluding tert-OH is 1. The Morgan fingerprint density at radius 1 is 1.47 bits per heavy atom. The molecule has 0 heterocycles. The summed E-state index contributed by atoms with van der Waals surface area (Å²) in [5, 5.41) is 18.6. The van der Waals surface area contributed by atoms with Gasteiger partial charge in [-0.2, -0.15) is 0 Å². The number of nitrogens with zero attached hydrogens (tertiary/aromatic N) is 1. The van der Waals surface area contributed by atoms with Crippen molar-refractivity contribution < 1.29 is 19.7 Å². The Morgan fingerprint density at radius 2 is 2.18 bits per heavy atom. The van der Waals surface area contributed by atoms with Crippen LogP contribution < -0.4 is 4.74 Å². The molecule has 1 aromatic rings. The number of hydrogen-bond acceptors (Lipinski definition) is 4. The SMILES string of the molecule is CCN(CCO)C(=O)c1ccc(OC)cc1O. The van der Waals surface area contributed by atoms with E-state index in [1.807, 2.05) is 6.92 Å². The molecular formula is C12H17NO4. The molecule has 2 N–H and O–H groups in total. The van der Waals surface area contributed by atoms with Gasteiger partial charge in [-0.05, 0) is 19.1 Å². The monoisotopic (exact) mass is 239 g/mol. The number of aliphatic hydroxyl groups is 1. The second-order valence-electron chi connectivity index (χ2n) is 3.49. The van der Waals surface area contributed by atoms with Crippen LogP contribution in [0.15, 0.2) is 18.2 Å². The van der Waals surface area contributed by atoms with Gasteiger partial charge in [-0.3, -0.25) is 4.79 Å². The predicted octanol–water partition coefficient (Wildman–Crippen LogP) is 0.855. The maximum absolute atomic E-state index is 12.0. The van der Waals surface area contributed by atoms with Crippen molar-refractivity contribution in [3.05, 3.63) is 23.8 Å². The Balaban J connectivity index is 2.95. The number of phenols is 1. The number of carbonyl (C=O) groups is 1. The molecule has 0 aliphatic heterocycles. The highest BCUT2D eigenvalue weighted by Crippen LogP contribution is 2.24. The number of rotatable bonds is 5. The number of phenolic OH excluding ortho intramolecular Hbond substituents is 1. The molecule has 0 aliphatic rings. The summed E-state index contributed by atoms with van der Waals surface area (Å²) in [5.74, 6) is 0.0664. The molecule has 1 amide bonds. The molecule has 0 spiro atoms. The third kappa shape index (κ3) is 3.10. The Labute approximate surface area is 100 Å². The minimum atomic E-state index is -0.304. The fourth-order valence-electron chi connectivity index (χ4n) is 1.51. The average Bonchev–Trinajstić information content (AvgIpc) is 2.35. The highest BCUT2D eigenvalue weighted by molar-refractivity contribution is 5.97.